The predicted octanol–water partition coefficient (Wildman–Crippen LogP) is 3.77. The summed E-state index contributed by atoms with van der Waals surface area (Å²) in [6.45, 7) is 1.52. The van der Waals surface area contributed by atoms with E-state index in [2.05, 4.69) is 4.98 Å². The fourth-order valence-electron chi connectivity index (χ4n) is 3.08. The van der Waals surface area contributed by atoms with Crippen molar-refractivity contribution in [3.05, 3.63) is 70.4 Å². The largest absolute Gasteiger partial charge is 0.509 e. The first-order valence-corrected chi connectivity index (χ1v) is 9.00. The molecule has 2 aromatic carbocycles. The summed E-state index contributed by atoms with van der Waals surface area (Å²) in [7, 11) is 0. The number of nitriles is 1. The molecular weight excluding hydrogens is 362 g/mol. The number of amides is 2. The zero-order valence-electron chi connectivity index (χ0n) is 14.2. The molecule has 0 radical (unpaired) electrons. The van der Waals surface area contributed by atoms with Gasteiger partial charge >= 0.3 is 0 Å². The summed E-state index contributed by atoms with van der Waals surface area (Å²) in [6.07, 6.45) is 0. The average molecular weight is 375 g/mol. The molecule has 2 heterocycles. The first kappa shape index (κ1) is 16.9. The number of hydrogen-bond donors (Lipinski definition) is 1. The van der Waals surface area contributed by atoms with E-state index >= 15 is 0 Å². The van der Waals surface area contributed by atoms with Gasteiger partial charge in [-0.3, -0.25) is 14.5 Å². The van der Waals surface area contributed by atoms with E-state index in [4.69, 9.17) is 0 Å². The molecule has 4 rings (SSSR count). The van der Waals surface area contributed by atoms with Crippen LogP contribution in [-0.4, -0.2) is 32.8 Å². The van der Waals surface area contributed by atoms with Gasteiger partial charge in [0.1, 0.15) is 22.4 Å². The first-order valence-electron chi connectivity index (χ1n) is 8.19. The second kappa shape index (κ2) is 6.34. The van der Waals surface area contributed by atoms with Gasteiger partial charge in [0.2, 0.25) is 0 Å². The molecule has 2 amide bonds. The summed E-state index contributed by atoms with van der Waals surface area (Å²) in [5.41, 5.74) is 1.26. The summed E-state index contributed by atoms with van der Waals surface area (Å²) >= 11 is 1.27. The molecule has 0 fully saturated rings. The number of para-hydroxylation sites is 1. The monoisotopic (exact) mass is 375 g/mol. The van der Waals surface area contributed by atoms with E-state index in [0.717, 1.165) is 9.60 Å². The lowest BCUT2D eigenvalue weighted by Crippen LogP contribution is -2.39. The molecular formula is C20H13N3O3S. The summed E-state index contributed by atoms with van der Waals surface area (Å²) in [5.74, 6) is -1.33. The molecule has 1 N–H and O–H groups in total. The van der Waals surface area contributed by atoms with Crippen LogP contribution in [0.15, 0.2) is 54.3 Å². The Morgan fingerprint density at radius 2 is 1.70 bits per heavy atom. The number of carbonyl (C=O) groups excluding carboxylic acids is 2. The number of nitrogens with zero attached hydrogens (tertiary/aromatic N) is 3. The van der Waals surface area contributed by atoms with Crippen LogP contribution in [0.4, 0.5) is 0 Å². The molecule has 6 nitrogen and oxygen atoms in total. The highest BCUT2D eigenvalue weighted by molar-refractivity contribution is 7.19. The second-order valence-electron chi connectivity index (χ2n) is 6.06. The molecule has 3 aromatic rings. The number of rotatable bonds is 3. The van der Waals surface area contributed by atoms with Crippen molar-refractivity contribution in [3.63, 3.8) is 0 Å². The van der Waals surface area contributed by atoms with E-state index in [1.54, 1.807) is 24.3 Å². The maximum Gasteiger partial charge on any atom is 0.262 e. The Hall–Kier alpha value is -3.50. The first-order chi connectivity index (χ1) is 13.0. The summed E-state index contributed by atoms with van der Waals surface area (Å²) in [4.78, 5) is 30.6. The Balaban J connectivity index is 1.76. The third kappa shape index (κ3) is 2.58. The van der Waals surface area contributed by atoms with Crippen molar-refractivity contribution < 1.29 is 14.7 Å². The van der Waals surface area contributed by atoms with Crippen molar-refractivity contribution in [2.75, 3.05) is 0 Å². The van der Waals surface area contributed by atoms with Gasteiger partial charge in [0.25, 0.3) is 11.8 Å². The second-order valence-corrected chi connectivity index (χ2v) is 7.09. The molecule has 0 spiro atoms. The van der Waals surface area contributed by atoms with Gasteiger partial charge in [-0.05, 0) is 31.2 Å². The van der Waals surface area contributed by atoms with Gasteiger partial charge in [0, 0.05) is 0 Å². The normalized spacial score (nSPS) is 15.5. The van der Waals surface area contributed by atoms with Crippen molar-refractivity contribution in [2.45, 2.75) is 13.0 Å². The highest BCUT2D eigenvalue weighted by Crippen LogP contribution is 2.32. The summed E-state index contributed by atoms with van der Waals surface area (Å²) in [6, 6.07) is 14.9. The van der Waals surface area contributed by atoms with E-state index in [0.29, 0.717) is 21.7 Å². The molecule has 132 valence electrons. The zero-order valence-corrected chi connectivity index (χ0v) is 15.0. The third-order valence-electron chi connectivity index (χ3n) is 4.48. The fourth-order valence-corrected chi connectivity index (χ4v) is 4.05. The molecule has 0 unspecified atom stereocenters. The van der Waals surface area contributed by atoms with Crippen molar-refractivity contribution in [3.8, 4) is 6.07 Å². The van der Waals surface area contributed by atoms with E-state index in [-0.39, 0.29) is 11.3 Å². The summed E-state index contributed by atoms with van der Waals surface area (Å²) in [5, 5.41) is 20.6. The highest BCUT2D eigenvalue weighted by atomic mass is 32.1. The van der Waals surface area contributed by atoms with E-state index in [9.17, 15) is 20.0 Å². The number of imide groups is 1. The van der Waals surface area contributed by atoms with Gasteiger partial charge in [-0.1, -0.05) is 24.3 Å². The molecule has 1 aliphatic heterocycles. The quantitative estimate of drug-likeness (QED) is 0.427. The summed E-state index contributed by atoms with van der Waals surface area (Å²) < 4.78 is 0.876. The standard InChI is InChI=1S/C20H13N3O3S/c1-11(23-19(25)12-6-2-3-7-13(12)20(23)26)17(24)14(10-21)18-22-15-8-4-5-9-16(15)27-18/h2-9,11,24H,1H3/b17-14-/t11-/m1/s1. The Morgan fingerprint density at radius 1 is 1.11 bits per heavy atom. The van der Waals surface area contributed by atoms with Gasteiger partial charge in [-0.25, -0.2) is 4.98 Å². The number of allylic oxidation sites excluding steroid dienone is 1. The number of aliphatic hydroxyl groups excluding tert-OH is 1. The fraction of sp³-hybridized carbons (Fsp3) is 0.100. The average Bonchev–Trinajstić information content (AvgIpc) is 3.21. The maximum absolute atomic E-state index is 12.6. The SMILES string of the molecule is C[C@H](/C(O)=C(\C#N)c1nc2ccccc2s1)N1C(=O)c2ccccc2C1=O. The molecule has 27 heavy (non-hydrogen) atoms. The van der Waals surface area contributed by atoms with Crippen molar-refractivity contribution >= 4 is 38.9 Å². The topological polar surface area (TPSA) is 94.3 Å². The Labute approximate surface area is 158 Å². The molecule has 1 aliphatic rings. The number of benzene rings is 2. The van der Waals surface area contributed by atoms with Crippen LogP contribution in [0, 0.1) is 11.3 Å². The van der Waals surface area contributed by atoms with Gasteiger partial charge in [0.15, 0.2) is 0 Å². The van der Waals surface area contributed by atoms with E-state index < -0.39 is 17.9 Å². The van der Waals surface area contributed by atoms with Crippen molar-refractivity contribution in [1.29, 1.82) is 5.26 Å². The van der Waals surface area contributed by atoms with Crippen LogP contribution in [-0.2, 0) is 0 Å². The number of hydrogen-bond acceptors (Lipinski definition) is 6. The number of aliphatic hydroxyl groups is 1. The van der Waals surface area contributed by atoms with Crippen LogP contribution in [0.2, 0.25) is 0 Å². The Kier molecular flexibility index (Phi) is 3.98. The van der Waals surface area contributed by atoms with Crippen LogP contribution >= 0.6 is 11.3 Å². The van der Waals surface area contributed by atoms with Gasteiger partial charge in [-0.2, -0.15) is 5.26 Å². The van der Waals surface area contributed by atoms with E-state index in [1.165, 1.54) is 18.3 Å². The molecule has 7 heteroatoms. The highest BCUT2D eigenvalue weighted by Gasteiger charge is 2.40. The van der Waals surface area contributed by atoms with Crippen LogP contribution in [0.3, 0.4) is 0 Å². The molecule has 0 saturated carbocycles. The molecule has 0 bridgehead atoms. The minimum Gasteiger partial charge on any atom is -0.509 e. The van der Waals surface area contributed by atoms with Crippen molar-refractivity contribution in [2.24, 2.45) is 0 Å². The third-order valence-corrected chi connectivity index (χ3v) is 5.54. The van der Waals surface area contributed by atoms with Crippen LogP contribution in [0.1, 0.15) is 32.6 Å². The number of carbonyl (C=O) groups is 2. The van der Waals surface area contributed by atoms with Gasteiger partial charge in [0.05, 0.1) is 27.4 Å². The molecule has 1 atom stereocenters. The lowest BCUT2D eigenvalue weighted by molar-refractivity contribution is 0.0590. The number of fused-ring (bicyclic) bond motifs is 2. The van der Waals surface area contributed by atoms with Crippen LogP contribution in [0.5, 0.6) is 0 Å². The smallest absolute Gasteiger partial charge is 0.262 e. The molecule has 0 aliphatic carbocycles. The predicted molar refractivity (Wildman–Crippen MR) is 101 cm³/mol. The zero-order chi connectivity index (χ0) is 19.1. The minimum absolute atomic E-state index is 0.0414. The van der Waals surface area contributed by atoms with E-state index in [1.807, 2.05) is 30.3 Å². The molecule has 1 aromatic heterocycles. The maximum atomic E-state index is 12.6. The lowest BCUT2D eigenvalue weighted by atomic mass is 10.1. The minimum atomic E-state index is -0.987. The van der Waals surface area contributed by atoms with Gasteiger partial charge in [-0.15, -0.1) is 11.3 Å². The van der Waals surface area contributed by atoms with Crippen molar-refractivity contribution in [1.82, 2.24) is 9.88 Å². The Morgan fingerprint density at radius 3 is 2.30 bits per heavy atom. The van der Waals surface area contributed by atoms with Crippen LogP contribution < -0.4 is 0 Å². The number of thiazole rings is 1. The lowest BCUT2D eigenvalue weighted by Gasteiger charge is -2.22. The number of aromatic nitrogens is 1. The van der Waals surface area contributed by atoms with Gasteiger partial charge < -0.3 is 5.11 Å². The Bertz CT molecular complexity index is 1100. The molecule has 0 saturated heterocycles. The van der Waals surface area contributed by atoms with Crippen LogP contribution in [0.25, 0.3) is 15.8 Å².